The molecule has 1 heterocycles. The van der Waals surface area contributed by atoms with Gasteiger partial charge in [0.25, 0.3) is 5.91 Å². The smallest absolute Gasteiger partial charge is 0.264 e. The number of nitrogens with one attached hydrogen (secondary N) is 1. The molecule has 2 aromatic rings. The minimum atomic E-state index is -0.331. The van der Waals surface area contributed by atoms with Crippen molar-refractivity contribution in [1.29, 1.82) is 5.26 Å². The van der Waals surface area contributed by atoms with E-state index in [-0.39, 0.29) is 12.5 Å². The van der Waals surface area contributed by atoms with E-state index in [1.54, 1.807) is 18.2 Å². The van der Waals surface area contributed by atoms with Crippen molar-refractivity contribution in [3.05, 3.63) is 28.8 Å². The van der Waals surface area contributed by atoms with E-state index in [0.717, 1.165) is 30.7 Å². The number of aromatic nitrogens is 2. The number of hydrogen-bond donors (Lipinski definition) is 1. The Kier molecular flexibility index (Phi) is 7.16. The number of benzene rings is 1. The minimum Gasteiger partial charge on any atom is -0.493 e. The largest absolute Gasteiger partial charge is 0.493 e. The fourth-order valence-electron chi connectivity index (χ4n) is 2.09. The van der Waals surface area contributed by atoms with Gasteiger partial charge in [-0.1, -0.05) is 31.1 Å². The van der Waals surface area contributed by atoms with E-state index < -0.39 is 0 Å². The summed E-state index contributed by atoms with van der Waals surface area (Å²) in [4.78, 5) is 12.0. The fourth-order valence-corrected chi connectivity index (χ4v) is 2.88. The van der Waals surface area contributed by atoms with Crippen LogP contribution in [0.5, 0.6) is 11.5 Å². The van der Waals surface area contributed by atoms with Crippen LogP contribution in [0, 0.1) is 11.3 Å². The Morgan fingerprint density at radius 1 is 1.32 bits per heavy atom. The maximum atomic E-state index is 12.0. The van der Waals surface area contributed by atoms with E-state index in [1.165, 1.54) is 18.4 Å². The van der Waals surface area contributed by atoms with Gasteiger partial charge in [0, 0.05) is 12.5 Å². The monoisotopic (exact) mass is 360 g/mol. The molecular formula is C17H20N4O3S. The molecule has 0 atom stereocenters. The number of rotatable bonds is 9. The Balaban J connectivity index is 1.86. The maximum absolute atomic E-state index is 12.0. The second-order valence-corrected chi connectivity index (χ2v) is 6.33. The van der Waals surface area contributed by atoms with Crippen LogP contribution >= 0.6 is 11.3 Å². The van der Waals surface area contributed by atoms with Gasteiger partial charge in [-0.2, -0.15) is 5.26 Å². The number of methoxy groups -OCH3 is 1. The molecule has 0 bridgehead atoms. The van der Waals surface area contributed by atoms with Crippen molar-refractivity contribution in [2.45, 2.75) is 32.6 Å². The highest BCUT2D eigenvalue weighted by Gasteiger charge is 2.11. The zero-order valence-electron chi connectivity index (χ0n) is 14.2. The Bertz CT molecular complexity index is 755. The maximum Gasteiger partial charge on any atom is 0.264 e. The van der Waals surface area contributed by atoms with Crippen molar-refractivity contribution < 1.29 is 14.3 Å². The first kappa shape index (κ1) is 18.7. The standard InChI is InChI=1S/C17H20N4O3S/c1-3-4-5-6-16-20-21-17(25-16)19-15(22)11-24-13-8-7-12(10-18)9-14(13)23-2/h7-9H,3-6,11H2,1-2H3,(H,19,21,22). The Morgan fingerprint density at radius 2 is 2.16 bits per heavy atom. The van der Waals surface area contributed by atoms with E-state index in [9.17, 15) is 4.79 Å². The predicted octanol–water partition coefficient (Wildman–Crippen LogP) is 3.17. The fraction of sp³-hybridized carbons (Fsp3) is 0.412. The summed E-state index contributed by atoms with van der Waals surface area (Å²) in [6, 6.07) is 6.77. The van der Waals surface area contributed by atoms with E-state index in [0.29, 0.717) is 22.2 Å². The van der Waals surface area contributed by atoms with Gasteiger partial charge in [-0.25, -0.2) is 0 Å². The number of unbranched alkanes of at least 4 members (excludes halogenated alkanes) is 2. The number of aryl methyl sites for hydroxylation is 1. The van der Waals surface area contributed by atoms with Crippen LogP contribution in [0.4, 0.5) is 5.13 Å². The SMILES string of the molecule is CCCCCc1nnc(NC(=O)COc2ccc(C#N)cc2OC)s1. The molecule has 0 spiro atoms. The van der Waals surface area contributed by atoms with E-state index in [4.69, 9.17) is 14.7 Å². The van der Waals surface area contributed by atoms with Crippen molar-refractivity contribution >= 4 is 22.4 Å². The number of carbonyl (C=O) groups excluding carboxylic acids is 1. The molecule has 1 aromatic carbocycles. The lowest BCUT2D eigenvalue weighted by molar-refractivity contribution is -0.118. The van der Waals surface area contributed by atoms with Crippen molar-refractivity contribution in [1.82, 2.24) is 10.2 Å². The van der Waals surface area contributed by atoms with Crippen LogP contribution in [-0.4, -0.2) is 29.8 Å². The van der Waals surface area contributed by atoms with Gasteiger partial charge in [0.2, 0.25) is 5.13 Å². The highest BCUT2D eigenvalue weighted by Crippen LogP contribution is 2.27. The molecule has 1 N–H and O–H groups in total. The van der Waals surface area contributed by atoms with Crippen LogP contribution in [0.25, 0.3) is 0 Å². The first-order chi connectivity index (χ1) is 12.2. The van der Waals surface area contributed by atoms with Crippen LogP contribution in [-0.2, 0) is 11.2 Å². The molecule has 0 fully saturated rings. The van der Waals surface area contributed by atoms with Crippen molar-refractivity contribution in [2.24, 2.45) is 0 Å². The zero-order valence-corrected chi connectivity index (χ0v) is 15.1. The lowest BCUT2D eigenvalue weighted by Crippen LogP contribution is -2.20. The van der Waals surface area contributed by atoms with Gasteiger partial charge in [0.1, 0.15) is 5.01 Å². The Labute approximate surface area is 150 Å². The predicted molar refractivity (Wildman–Crippen MR) is 95.0 cm³/mol. The number of anilines is 1. The number of nitriles is 1. The van der Waals surface area contributed by atoms with Crippen LogP contribution in [0.3, 0.4) is 0 Å². The Morgan fingerprint density at radius 3 is 2.88 bits per heavy atom. The summed E-state index contributed by atoms with van der Waals surface area (Å²) >= 11 is 1.38. The van der Waals surface area contributed by atoms with Gasteiger partial charge >= 0.3 is 0 Å². The molecule has 1 aromatic heterocycles. The zero-order chi connectivity index (χ0) is 18.1. The quantitative estimate of drug-likeness (QED) is 0.690. The minimum absolute atomic E-state index is 0.187. The van der Waals surface area contributed by atoms with Crippen LogP contribution in [0.1, 0.15) is 36.8 Å². The molecule has 7 nitrogen and oxygen atoms in total. The average Bonchev–Trinajstić information content (AvgIpc) is 3.07. The van der Waals surface area contributed by atoms with Crippen molar-refractivity contribution in [3.63, 3.8) is 0 Å². The average molecular weight is 360 g/mol. The molecule has 0 saturated heterocycles. The van der Waals surface area contributed by atoms with Gasteiger partial charge in [0.05, 0.1) is 18.7 Å². The first-order valence-corrected chi connectivity index (χ1v) is 8.81. The summed E-state index contributed by atoms with van der Waals surface area (Å²) in [5.41, 5.74) is 0.457. The second-order valence-electron chi connectivity index (χ2n) is 5.27. The van der Waals surface area contributed by atoms with Crippen LogP contribution in [0.15, 0.2) is 18.2 Å². The molecule has 0 aliphatic rings. The van der Waals surface area contributed by atoms with Gasteiger partial charge < -0.3 is 9.47 Å². The summed E-state index contributed by atoms with van der Waals surface area (Å²) in [5.74, 6) is 0.470. The lowest BCUT2D eigenvalue weighted by atomic mass is 10.2. The summed E-state index contributed by atoms with van der Waals surface area (Å²) in [5, 5.41) is 21.0. The third-order valence-corrected chi connectivity index (χ3v) is 4.26. The molecule has 1 amide bonds. The molecule has 132 valence electrons. The molecule has 0 aliphatic carbocycles. The van der Waals surface area contributed by atoms with Gasteiger partial charge in [0.15, 0.2) is 18.1 Å². The third kappa shape index (κ3) is 5.72. The van der Waals surface area contributed by atoms with E-state index in [1.807, 2.05) is 6.07 Å². The number of ether oxygens (including phenoxy) is 2. The normalized spacial score (nSPS) is 10.1. The number of carbonyl (C=O) groups is 1. The first-order valence-electron chi connectivity index (χ1n) is 7.99. The molecule has 0 radical (unpaired) electrons. The molecule has 2 rings (SSSR count). The van der Waals surface area contributed by atoms with Crippen LogP contribution < -0.4 is 14.8 Å². The second kappa shape index (κ2) is 9.59. The lowest BCUT2D eigenvalue weighted by Gasteiger charge is -2.10. The van der Waals surface area contributed by atoms with E-state index >= 15 is 0 Å². The third-order valence-electron chi connectivity index (χ3n) is 3.36. The summed E-state index contributed by atoms with van der Waals surface area (Å²) < 4.78 is 10.6. The van der Waals surface area contributed by atoms with Crippen molar-refractivity contribution in [3.8, 4) is 17.6 Å². The number of amides is 1. The molecule has 25 heavy (non-hydrogen) atoms. The van der Waals surface area contributed by atoms with Crippen LogP contribution in [0.2, 0.25) is 0 Å². The van der Waals surface area contributed by atoms with Gasteiger partial charge in [-0.15, -0.1) is 10.2 Å². The topological polar surface area (TPSA) is 97.1 Å². The highest BCUT2D eigenvalue weighted by molar-refractivity contribution is 7.15. The molecule has 0 saturated carbocycles. The highest BCUT2D eigenvalue weighted by atomic mass is 32.1. The summed E-state index contributed by atoms with van der Waals surface area (Å²) in [6.07, 6.45) is 4.25. The number of hydrogen-bond acceptors (Lipinski definition) is 7. The van der Waals surface area contributed by atoms with Crippen molar-refractivity contribution in [2.75, 3.05) is 19.0 Å². The molecule has 8 heteroatoms. The van der Waals surface area contributed by atoms with Gasteiger partial charge in [-0.3, -0.25) is 10.1 Å². The van der Waals surface area contributed by atoms with E-state index in [2.05, 4.69) is 22.4 Å². The Hall–Kier alpha value is -2.66. The molecule has 0 unspecified atom stereocenters. The number of nitrogens with zero attached hydrogens (tertiary/aromatic N) is 3. The summed E-state index contributed by atoms with van der Waals surface area (Å²) in [6.45, 7) is 1.96. The summed E-state index contributed by atoms with van der Waals surface area (Å²) in [7, 11) is 1.48. The van der Waals surface area contributed by atoms with Gasteiger partial charge in [-0.05, 0) is 18.6 Å². The molecular weight excluding hydrogens is 340 g/mol. The molecule has 0 aliphatic heterocycles.